The lowest BCUT2D eigenvalue weighted by Gasteiger charge is -2.33. The number of rotatable bonds is 5. The van der Waals surface area contributed by atoms with Crippen LogP contribution < -0.4 is 5.32 Å². The molecule has 0 aliphatic carbocycles. The van der Waals surface area contributed by atoms with Gasteiger partial charge < -0.3 is 20.3 Å². The molecule has 4 nitrogen and oxygen atoms in total. The van der Waals surface area contributed by atoms with E-state index in [9.17, 15) is 10.2 Å². The Morgan fingerprint density at radius 2 is 2.16 bits per heavy atom. The molecule has 1 aromatic carbocycles. The van der Waals surface area contributed by atoms with Crippen molar-refractivity contribution < 1.29 is 14.9 Å². The van der Waals surface area contributed by atoms with Crippen molar-refractivity contribution >= 4 is 0 Å². The average molecular weight is 265 g/mol. The molecule has 1 aliphatic rings. The van der Waals surface area contributed by atoms with Crippen LogP contribution in [0.4, 0.5) is 0 Å². The highest BCUT2D eigenvalue weighted by Gasteiger charge is 2.29. The molecule has 4 heteroatoms. The third-order valence-corrected chi connectivity index (χ3v) is 3.70. The van der Waals surface area contributed by atoms with Crippen molar-refractivity contribution in [1.82, 2.24) is 5.32 Å². The zero-order chi connectivity index (χ0) is 13.8. The molecule has 19 heavy (non-hydrogen) atoms. The van der Waals surface area contributed by atoms with E-state index in [4.69, 9.17) is 4.74 Å². The summed E-state index contributed by atoms with van der Waals surface area (Å²) >= 11 is 0. The molecule has 0 aromatic heterocycles. The van der Waals surface area contributed by atoms with E-state index in [0.717, 1.165) is 30.4 Å². The number of likely N-dealkylation sites (N-methyl/N-ethyl adjacent to an activating group) is 1. The van der Waals surface area contributed by atoms with Gasteiger partial charge in [-0.2, -0.15) is 0 Å². The summed E-state index contributed by atoms with van der Waals surface area (Å²) in [7, 11) is 1.89. The molecule has 0 amide bonds. The zero-order valence-electron chi connectivity index (χ0n) is 11.6. The molecule has 0 spiro atoms. The van der Waals surface area contributed by atoms with Gasteiger partial charge in [0, 0.05) is 18.5 Å². The maximum atomic E-state index is 10.0. The predicted molar refractivity (Wildman–Crippen MR) is 74.5 cm³/mol. The van der Waals surface area contributed by atoms with Gasteiger partial charge >= 0.3 is 0 Å². The van der Waals surface area contributed by atoms with Crippen LogP contribution in [0.1, 0.15) is 43.4 Å². The summed E-state index contributed by atoms with van der Waals surface area (Å²) in [5.41, 5.74) is 1.82. The van der Waals surface area contributed by atoms with Crippen LogP contribution in [0.15, 0.2) is 12.1 Å². The summed E-state index contributed by atoms with van der Waals surface area (Å²) in [6.45, 7) is 2.87. The third-order valence-electron chi connectivity index (χ3n) is 3.70. The number of fused-ring (bicyclic) bond motifs is 1. The Bertz CT molecular complexity index is 434. The highest BCUT2D eigenvalue weighted by Crippen LogP contribution is 2.40. The van der Waals surface area contributed by atoms with Crippen LogP contribution in [-0.4, -0.2) is 29.9 Å². The Kier molecular flexibility index (Phi) is 4.66. The SMILES string of the molecule is CCCC[C@H]1Cc2c(ccc(O)c2O)[C@H](CNC)O1. The van der Waals surface area contributed by atoms with E-state index in [1.807, 2.05) is 13.1 Å². The first-order valence-corrected chi connectivity index (χ1v) is 7.01. The Morgan fingerprint density at radius 1 is 1.37 bits per heavy atom. The largest absolute Gasteiger partial charge is 0.504 e. The average Bonchev–Trinajstić information content (AvgIpc) is 2.41. The molecule has 0 saturated heterocycles. The second-order valence-corrected chi connectivity index (χ2v) is 5.15. The van der Waals surface area contributed by atoms with Crippen LogP contribution in [0.2, 0.25) is 0 Å². The molecule has 106 valence electrons. The Labute approximate surface area is 114 Å². The number of hydrogen-bond acceptors (Lipinski definition) is 4. The van der Waals surface area contributed by atoms with Crippen molar-refractivity contribution in [2.45, 2.75) is 44.8 Å². The van der Waals surface area contributed by atoms with Gasteiger partial charge in [-0.3, -0.25) is 0 Å². The van der Waals surface area contributed by atoms with Gasteiger partial charge in [0.05, 0.1) is 12.2 Å². The first-order valence-electron chi connectivity index (χ1n) is 7.01. The highest BCUT2D eigenvalue weighted by molar-refractivity contribution is 5.50. The molecule has 2 atom stereocenters. The summed E-state index contributed by atoms with van der Waals surface area (Å²) in [6, 6.07) is 3.38. The van der Waals surface area contributed by atoms with Crippen molar-refractivity contribution in [2.24, 2.45) is 0 Å². The van der Waals surface area contributed by atoms with Gasteiger partial charge in [0.1, 0.15) is 0 Å². The maximum absolute atomic E-state index is 10.0. The summed E-state index contributed by atoms with van der Waals surface area (Å²) in [5.74, 6) is -0.0264. The summed E-state index contributed by atoms with van der Waals surface area (Å²) in [6.07, 6.45) is 3.99. The highest BCUT2D eigenvalue weighted by atomic mass is 16.5. The fourth-order valence-corrected chi connectivity index (χ4v) is 2.68. The minimum atomic E-state index is -0.0536. The molecule has 1 aromatic rings. The second-order valence-electron chi connectivity index (χ2n) is 5.15. The Balaban J connectivity index is 2.27. The van der Waals surface area contributed by atoms with Crippen LogP contribution in [0.5, 0.6) is 11.5 Å². The fraction of sp³-hybridized carbons (Fsp3) is 0.600. The lowest BCUT2D eigenvalue weighted by molar-refractivity contribution is -0.0293. The number of benzene rings is 1. The molecular formula is C15H23NO3. The molecular weight excluding hydrogens is 242 g/mol. The molecule has 0 bridgehead atoms. The van der Waals surface area contributed by atoms with E-state index in [-0.39, 0.29) is 23.7 Å². The molecule has 0 radical (unpaired) electrons. The Morgan fingerprint density at radius 3 is 2.84 bits per heavy atom. The number of nitrogens with one attached hydrogen (secondary N) is 1. The minimum Gasteiger partial charge on any atom is -0.504 e. The monoisotopic (exact) mass is 265 g/mol. The van der Waals surface area contributed by atoms with Crippen LogP contribution >= 0.6 is 0 Å². The summed E-state index contributed by atoms with van der Waals surface area (Å²) in [4.78, 5) is 0. The first kappa shape index (κ1) is 14.2. The van der Waals surface area contributed by atoms with E-state index >= 15 is 0 Å². The number of phenols is 2. The fourth-order valence-electron chi connectivity index (χ4n) is 2.68. The quantitative estimate of drug-likeness (QED) is 0.716. The van der Waals surface area contributed by atoms with E-state index in [0.29, 0.717) is 13.0 Å². The smallest absolute Gasteiger partial charge is 0.161 e. The predicted octanol–water partition coefficient (Wildman–Crippen LogP) is 2.49. The number of phenolic OH excluding ortho intramolecular Hbond substituents is 2. The normalized spacial score (nSPS) is 22.2. The van der Waals surface area contributed by atoms with E-state index in [1.54, 1.807) is 0 Å². The van der Waals surface area contributed by atoms with Crippen LogP contribution in [-0.2, 0) is 11.2 Å². The van der Waals surface area contributed by atoms with Gasteiger partial charge in [0.2, 0.25) is 0 Å². The first-order chi connectivity index (χ1) is 9.17. The van der Waals surface area contributed by atoms with Crippen LogP contribution in [0.3, 0.4) is 0 Å². The standard InChI is InChI=1S/C15H23NO3/c1-3-4-5-10-8-12-11(14(19-10)9-16-2)6-7-13(17)15(12)18/h6-7,10,14,16-18H,3-5,8-9H2,1-2H3/t10-,14-/m0/s1. The van der Waals surface area contributed by atoms with Crippen LogP contribution in [0, 0.1) is 0 Å². The van der Waals surface area contributed by atoms with Gasteiger partial charge in [0.15, 0.2) is 11.5 Å². The van der Waals surface area contributed by atoms with Crippen LogP contribution in [0.25, 0.3) is 0 Å². The van der Waals surface area contributed by atoms with Gasteiger partial charge in [-0.05, 0) is 25.1 Å². The van der Waals surface area contributed by atoms with Gasteiger partial charge in [-0.1, -0.05) is 25.8 Å². The molecule has 1 heterocycles. The van der Waals surface area contributed by atoms with Gasteiger partial charge in [-0.15, -0.1) is 0 Å². The van der Waals surface area contributed by atoms with Gasteiger partial charge in [0.25, 0.3) is 0 Å². The molecule has 0 saturated carbocycles. The molecule has 3 N–H and O–H groups in total. The van der Waals surface area contributed by atoms with E-state index in [2.05, 4.69) is 12.2 Å². The minimum absolute atomic E-state index is 0.0170. The lowest BCUT2D eigenvalue weighted by Crippen LogP contribution is -2.31. The summed E-state index contributed by atoms with van der Waals surface area (Å²) in [5, 5.41) is 22.8. The molecule has 0 unspecified atom stereocenters. The zero-order valence-corrected chi connectivity index (χ0v) is 11.6. The van der Waals surface area contributed by atoms with Crippen molar-refractivity contribution in [3.05, 3.63) is 23.3 Å². The van der Waals surface area contributed by atoms with Crippen molar-refractivity contribution in [2.75, 3.05) is 13.6 Å². The lowest BCUT2D eigenvalue weighted by atomic mass is 9.91. The van der Waals surface area contributed by atoms with Crippen molar-refractivity contribution in [3.63, 3.8) is 0 Å². The van der Waals surface area contributed by atoms with E-state index < -0.39 is 0 Å². The van der Waals surface area contributed by atoms with Gasteiger partial charge in [-0.25, -0.2) is 0 Å². The number of hydrogen-bond donors (Lipinski definition) is 3. The number of aromatic hydroxyl groups is 2. The molecule has 1 aliphatic heterocycles. The number of unbranched alkanes of at least 4 members (excludes halogenated alkanes) is 1. The third kappa shape index (κ3) is 3.01. The van der Waals surface area contributed by atoms with E-state index in [1.165, 1.54) is 6.07 Å². The number of ether oxygens (including phenoxy) is 1. The topological polar surface area (TPSA) is 61.7 Å². The second kappa shape index (κ2) is 6.26. The Hall–Kier alpha value is -1.26. The maximum Gasteiger partial charge on any atom is 0.161 e. The molecule has 0 fully saturated rings. The van der Waals surface area contributed by atoms with Crippen molar-refractivity contribution in [1.29, 1.82) is 0 Å². The molecule has 2 rings (SSSR count). The van der Waals surface area contributed by atoms with Crippen molar-refractivity contribution in [3.8, 4) is 11.5 Å². The summed E-state index contributed by atoms with van der Waals surface area (Å²) < 4.78 is 6.09.